The van der Waals surface area contributed by atoms with Crippen LogP contribution >= 0.6 is 27.7 Å². The van der Waals surface area contributed by atoms with Gasteiger partial charge in [-0.1, -0.05) is 45.9 Å². The smallest absolute Gasteiger partial charge is 0.251 e. The first kappa shape index (κ1) is 26.8. The average Bonchev–Trinajstić information content (AvgIpc) is 3.59. The number of amides is 2. The van der Waals surface area contributed by atoms with Crippen LogP contribution in [-0.4, -0.2) is 53.1 Å². The van der Waals surface area contributed by atoms with E-state index in [1.165, 1.54) is 31.5 Å². The molecule has 0 saturated carbocycles. The van der Waals surface area contributed by atoms with Crippen LogP contribution in [0.3, 0.4) is 0 Å². The van der Waals surface area contributed by atoms with Gasteiger partial charge in [0, 0.05) is 34.0 Å². The average molecular weight is 609 g/mol. The van der Waals surface area contributed by atoms with Crippen molar-refractivity contribution in [1.29, 1.82) is 0 Å². The van der Waals surface area contributed by atoms with E-state index in [-0.39, 0.29) is 24.1 Å². The molecule has 0 bridgehead atoms. The first-order chi connectivity index (χ1) is 19.0. The molecule has 39 heavy (non-hydrogen) atoms. The van der Waals surface area contributed by atoms with Crippen LogP contribution in [0.15, 0.2) is 76.4 Å². The van der Waals surface area contributed by atoms with Gasteiger partial charge in [-0.25, -0.2) is 0 Å². The van der Waals surface area contributed by atoms with Crippen LogP contribution in [0.1, 0.15) is 21.7 Å². The number of thioether (sulfide) groups is 1. The number of halogens is 1. The molecule has 1 aliphatic heterocycles. The maximum Gasteiger partial charge on any atom is 0.251 e. The van der Waals surface area contributed by atoms with Crippen molar-refractivity contribution in [2.24, 2.45) is 0 Å². The summed E-state index contributed by atoms with van der Waals surface area (Å²) >= 11 is 4.79. The van der Waals surface area contributed by atoms with Gasteiger partial charge in [0.1, 0.15) is 11.5 Å². The van der Waals surface area contributed by atoms with Crippen LogP contribution in [0.2, 0.25) is 0 Å². The van der Waals surface area contributed by atoms with Gasteiger partial charge in [0.15, 0.2) is 11.0 Å². The van der Waals surface area contributed by atoms with Crippen LogP contribution in [0.25, 0.3) is 5.69 Å². The van der Waals surface area contributed by atoms with E-state index in [1.807, 2.05) is 51.9 Å². The van der Waals surface area contributed by atoms with Gasteiger partial charge in [-0.15, -0.1) is 10.2 Å². The fourth-order valence-electron chi connectivity index (χ4n) is 4.36. The molecule has 1 N–H and O–H groups in total. The molecule has 2 amide bonds. The number of fused-ring (bicyclic) bond motifs is 1. The van der Waals surface area contributed by atoms with Crippen molar-refractivity contribution in [1.82, 2.24) is 20.1 Å². The van der Waals surface area contributed by atoms with Crippen LogP contribution in [0.4, 0.5) is 5.69 Å². The lowest BCUT2D eigenvalue weighted by Gasteiger charge is -2.17. The Morgan fingerprint density at radius 2 is 1.72 bits per heavy atom. The Morgan fingerprint density at radius 3 is 2.44 bits per heavy atom. The van der Waals surface area contributed by atoms with E-state index < -0.39 is 0 Å². The van der Waals surface area contributed by atoms with Gasteiger partial charge < -0.3 is 19.7 Å². The molecular formula is C28H26BrN5O4S. The number of nitrogens with one attached hydrogen (secondary N) is 1. The largest absolute Gasteiger partial charge is 0.497 e. The monoisotopic (exact) mass is 607 g/mol. The second-order valence-corrected chi connectivity index (χ2v) is 10.6. The molecule has 0 aliphatic carbocycles. The van der Waals surface area contributed by atoms with Crippen molar-refractivity contribution in [3.63, 3.8) is 0 Å². The molecule has 0 radical (unpaired) electrons. The molecule has 0 fully saturated rings. The molecule has 0 saturated heterocycles. The molecule has 1 aromatic heterocycles. The summed E-state index contributed by atoms with van der Waals surface area (Å²) in [6, 6.07) is 20.6. The van der Waals surface area contributed by atoms with Gasteiger partial charge in [-0.05, 0) is 54.4 Å². The third-order valence-corrected chi connectivity index (χ3v) is 7.76. The zero-order chi connectivity index (χ0) is 27.4. The first-order valence-corrected chi connectivity index (χ1v) is 14.0. The molecule has 2 heterocycles. The Labute approximate surface area is 238 Å². The summed E-state index contributed by atoms with van der Waals surface area (Å²) in [4.78, 5) is 27.9. The molecule has 0 spiro atoms. The summed E-state index contributed by atoms with van der Waals surface area (Å²) in [5, 5.41) is 12.2. The number of anilines is 1. The van der Waals surface area contributed by atoms with Gasteiger partial charge in [0.2, 0.25) is 5.91 Å². The van der Waals surface area contributed by atoms with Crippen molar-refractivity contribution in [3.8, 4) is 17.2 Å². The molecule has 9 nitrogen and oxygen atoms in total. The standard InChI is InChI=1S/C28H26BrN5O4S/c1-37-22-13-19(14-23(15-22)38-2)27(36)30-16-25-31-32-28(34(25)21-9-7-20(29)8-10-21)39-17-26(35)33-12-11-18-5-3-4-6-24(18)33/h3-10,13-15H,11-12,16-17H2,1-2H3,(H,30,36). The fraction of sp³-hybridized carbons (Fsp3) is 0.214. The molecule has 1 aliphatic rings. The summed E-state index contributed by atoms with van der Waals surface area (Å²) in [7, 11) is 3.06. The number of para-hydroxylation sites is 1. The number of benzene rings is 3. The van der Waals surface area contributed by atoms with Gasteiger partial charge in [0.25, 0.3) is 5.91 Å². The van der Waals surface area contributed by atoms with Crippen LogP contribution in [-0.2, 0) is 17.8 Å². The van der Waals surface area contributed by atoms with E-state index in [0.29, 0.717) is 34.6 Å². The van der Waals surface area contributed by atoms with Gasteiger partial charge >= 0.3 is 0 Å². The predicted molar refractivity (Wildman–Crippen MR) is 153 cm³/mol. The third kappa shape index (κ3) is 5.94. The minimum absolute atomic E-state index is 0.0112. The Bertz CT molecular complexity index is 1490. The van der Waals surface area contributed by atoms with E-state index in [2.05, 4.69) is 37.5 Å². The molecule has 3 aromatic carbocycles. The summed E-state index contributed by atoms with van der Waals surface area (Å²) in [6.07, 6.45) is 0.852. The van der Waals surface area contributed by atoms with Crippen LogP contribution < -0.4 is 19.7 Å². The van der Waals surface area contributed by atoms with E-state index in [0.717, 1.165) is 22.3 Å². The Morgan fingerprint density at radius 1 is 1.00 bits per heavy atom. The molecule has 0 unspecified atom stereocenters. The number of aromatic nitrogens is 3. The fourth-order valence-corrected chi connectivity index (χ4v) is 5.47. The summed E-state index contributed by atoms with van der Waals surface area (Å²) in [6.45, 7) is 0.792. The Hall–Kier alpha value is -3.83. The molecule has 0 atom stereocenters. The van der Waals surface area contributed by atoms with E-state index in [9.17, 15) is 9.59 Å². The van der Waals surface area contributed by atoms with Crippen LogP contribution in [0, 0.1) is 0 Å². The van der Waals surface area contributed by atoms with Crippen LogP contribution in [0.5, 0.6) is 11.5 Å². The normalized spacial score (nSPS) is 12.2. The summed E-state index contributed by atoms with van der Waals surface area (Å²) in [5.74, 6) is 1.47. The van der Waals surface area contributed by atoms with E-state index in [4.69, 9.17) is 9.47 Å². The van der Waals surface area contributed by atoms with E-state index in [1.54, 1.807) is 18.2 Å². The minimum atomic E-state index is -0.311. The second kappa shape index (κ2) is 11.9. The molecular weight excluding hydrogens is 582 g/mol. The highest BCUT2D eigenvalue weighted by Gasteiger charge is 2.25. The molecule has 5 rings (SSSR count). The Kier molecular flexibility index (Phi) is 8.18. The lowest BCUT2D eigenvalue weighted by molar-refractivity contribution is -0.116. The topological polar surface area (TPSA) is 98.6 Å². The zero-order valence-electron chi connectivity index (χ0n) is 21.4. The van der Waals surface area contributed by atoms with Gasteiger partial charge in [-0.3, -0.25) is 14.2 Å². The van der Waals surface area contributed by atoms with Crippen molar-refractivity contribution in [2.75, 3.05) is 31.4 Å². The van der Waals surface area contributed by atoms with Gasteiger partial charge in [-0.2, -0.15) is 0 Å². The van der Waals surface area contributed by atoms with Crippen molar-refractivity contribution < 1.29 is 19.1 Å². The molecule has 200 valence electrons. The number of methoxy groups -OCH3 is 2. The van der Waals surface area contributed by atoms with Crippen molar-refractivity contribution >= 4 is 45.2 Å². The number of hydrogen-bond donors (Lipinski definition) is 1. The maximum absolute atomic E-state index is 13.1. The quantitative estimate of drug-likeness (QED) is 0.276. The predicted octanol–water partition coefficient (Wildman–Crippen LogP) is 4.66. The van der Waals surface area contributed by atoms with E-state index >= 15 is 0 Å². The first-order valence-electron chi connectivity index (χ1n) is 12.2. The van der Waals surface area contributed by atoms with Crippen molar-refractivity contribution in [3.05, 3.63) is 88.2 Å². The Balaban J connectivity index is 1.35. The number of nitrogens with zero attached hydrogens (tertiary/aromatic N) is 4. The highest BCUT2D eigenvalue weighted by Crippen LogP contribution is 2.30. The minimum Gasteiger partial charge on any atom is -0.497 e. The number of carbonyl (C=O) groups excluding carboxylic acids is 2. The lowest BCUT2D eigenvalue weighted by atomic mass is 10.2. The molecule has 11 heteroatoms. The maximum atomic E-state index is 13.1. The van der Waals surface area contributed by atoms with Gasteiger partial charge in [0.05, 0.1) is 26.5 Å². The summed E-state index contributed by atoms with van der Waals surface area (Å²) < 4.78 is 13.3. The third-order valence-electron chi connectivity index (χ3n) is 6.32. The zero-order valence-corrected chi connectivity index (χ0v) is 23.8. The number of carbonyl (C=O) groups is 2. The second-order valence-electron chi connectivity index (χ2n) is 8.71. The highest BCUT2D eigenvalue weighted by molar-refractivity contribution is 9.10. The molecule has 4 aromatic rings. The van der Waals surface area contributed by atoms with Crippen molar-refractivity contribution in [2.45, 2.75) is 18.1 Å². The summed E-state index contributed by atoms with van der Waals surface area (Å²) in [5.41, 5.74) is 3.36. The number of hydrogen-bond acceptors (Lipinski definition) is 7. The highest BCUT2D eigenvalue weighted by atomic mass is 79.9. The number of rotatable bonds is 9. The lowest BCUT2D eigenvalue weighted by Crippen LogP contribution is -2.30. The number of ether oxygens (including phenoxy) is 2. The SMILES string of the molecule is COc1cc(OC)cc(C(=O)NCc2nnc(SCC(=O)N3CCc4ccccc43)n2-c2ccc(Br)cc2)c1.